The van der Waals surface area contributed by atoms with Gasteiger partial charge in [-0.3, -0.25) is 0 Å². The highest BCUT2D eigenvalue weighted by Gasteiger charge is 2.29. The van der Waals surface area contributed by atoms with Gasteiger partial charge in [-0.2, -0.15) is 0 Å². The predicted octanol–water partition coefficient (Wildman–Crippen LogP) is 7.13. The topological polar surface area (TPSA) is 0 Å². The fourth-order valence-corrected chi connectivity index (χ4v) is 4.39. The minimum absolute atomic E-state index is 0.0708. The van der Waals surface area contributed by atoms with Crippen LogP contribution in [0.15, 0.2) is 24.3 Å². The summed E-state index contributed by atoms with van der Waals surface area (Å²) in [4.78, 5) is 0. The van der Waals surface area contributed by atoms with Crippen LogP contribution in [-0.4, -0.2) is 0 Å². The minimum atomic E-state index is 0.0708. The fourth-order valence-electron chi connectivity index (χ4n) is 3.59. The zero-order valence-electron chi connectivity index (χ0n) is 16.3. The summed E-state index contributed by atoms with van der Waals surface area (Å²) in [7, 11) is 0. The molecule has 1 heteroatoms. The number of hydrogen-bond acceptors (Lipinski definition) is 0. The van der Waals surface area contributed by atoms with Crippen molar-refractivity contribution < 1.29 is 0 Å². The Labute approximate surface area is 162 Å². The van der Waals surface area contributed by atoms with E-state index in [0.29, 0.717) is 0 Å². The molecule has 0 heterocycles. The molecular formula is C23H31I. The van der Waals surface area contributed by atoms with Crippen molar-refractivity contribution in [2.45, 2.75) is 71.2 Å². The highest BCUT2D eigenvalue weighted by atomic mass is 127. The van der Waals surface area contributed by atoms with Crippen LogP contribution in [0.3, 0.4) is 0 Å². The van der Waals surface area contributed by atoms with Crippen molar-refractivity contribution in [1.82, 2.24) is 0 Å². The van der Waals surface area contributed by atoms with Gasteiger partial charge in [0.15, 0.2) is 0 Å². The maximum atomic E-state index is 2.50. The Morgan fingerprint density at radius 1 is 0.792 bits per heavy atom. The number of aryl methyl sites for hydroxylation is 3. The van der Waals surface area contributed by atoms with Crippen LogP contribution in [0.5, 0.6) is 0 Å². The zero-order valence-corrected chi connectivity index (χ0v) is 18.5. The summed E-state index contributed by atoms with van der Waals surface area (Å²) < 4.78 is 1.08. The number of benzene rings is 2. The van der Waals surface area contributed by atoms with E-state index >= 15 is 0 Å². The van der Waals surface area contributed by atoms with E-state index in [1.165, 1.54) is 44.5 Å². The Balaban J connectivity index is 2.70. The lowest BCUT2D eigenvalue weighted by Crippen LogP contribution is -2.24. The van der Waals surface area contributed by atoms with Crippen LogP contribution in [0.25, 0.3) is 0 Å². The van der Waals surface area contributed by atoms with E-state index in [2.05, 4.69) is 95.3 Å². The Kier molecular flexibility index (Phi) is 6.17. The molecule has 0 bridgehead atoms. The molecule has 2 aromatic carbocycles. The van der Waals surface area contributed by atoms with Crippen LogP contribution in [0, 0.1) is 27.7 Å². The van der Waals surface area contributed by atoms with E-state index in [9.17, 15) is 0 Å². The molecule has 24 heavy (non-hydrogen) atoms. The van der Waals surface area contributed by atoms with Gasteiger partial charge in [0.1, 0.15) is 0 Å². The van der Waals surface area contributed by atoms with E-state index in [-0.39, 0.29) is 5.41 Å². The molecular weight excluding hydrogens is 403 g/mol. The monoisotopic (exact) mass is 434 g/mol. The Hall–Kier alpha value is -0.830. The first kappa shape index (κ1) is 19.5. The third-order valence-electron chi connectivity index (χ3n) is 6.06. The molecule has 0 saturated carbocycles. The molecule has 0 amide bonds. The van der Waals surface area contributed by atoms with Gasteiger partial charge < -0.3 is 0 Å². The van der Waals surface area contributed by atoms with Crippen LogP contribution in [0.1, 0.15) is 71.7 Å². The first-order chi connectivity index (χ1) is 11.3. The second-order valence-electron chi connectivity index (χ2n) is 7.33. The van der Waals surface area contributed by atoms with Crippen molar-refractivity contribution >= 4 is 22.6 Å². The first-order valence-corrected chi connectivity index (χ1v) is 10.6. The summed E-state index contributed by atoms with van der Waals surface area (Å²) in [5.41, 5.74) is 11.7. The highest BCUT2D eigenvalue weighted by Crippen LogP contribution is 2.38. The normalized spacial score (nSPS) is 13.8. The van der Waals surface area contributed by atoms with Gasteiger partial charge in [0.05, 0.1) is 0 Å². The fraction of sp³-hybridized carbons (Fsp3) is 0.478. The second kappa shape index (κ2) is 7.59. The maximum Gasteiger partial charge on any atom is 0.0249 e. The molecule has 1 unspecified atom stereocenters. The predicted molar refractivity (Wildman–Crippen MR) is 116 cm³/mol. The van der Waals surface area contributed by atoms with Crippen LogP contribution in [0.4, 0.5) is 0 Å². The maximum absolute atomic E-state index is 2.50. The van der Waals surface area contributed by atoms with Crippen molar-refractivity contribution in [1.29, 1.82) is 0 Å². The molecule has 0 aliphatic rings. The number of halogens is 1. The van der Waals surface area contributed by atoms with Crippen LogP contribution < -0.4 is 0 Å². The Morgan fingerprint density at radius 3 is 1.75 bits per heavy atom. The smallest absolute Gasteiger partial charge is 0.0249 e. The molecule has 2 aromatic rings. The molecule has 0 nitrogen and oxygen atoms in total. The minimum Gasteiger partial charge on any atom is -0.0812 e. The van der Waals surface area contributed by atoms with Crippen molar-refractivity contribution in [2.75, 3.05) is 0 Å². The van der Waals surface area contributed by atoms with Gasteiger partial charge in [-0.25, -0.2) is 0 Å². The van der Waals surface area contributed by atoms with E-state index in [4.69, 9.17) is 0 Å². The lowest BCUT2D eigenvalue weighted by Gasteiger charge is -2.32. The molecule has 2 rings (SSSR count). The quantitative estimate of drug-likeness (QED) is 0.347. The number of alkyl halides is 1. The van der Waals surface area contributed by atoms with E-state index < -0.39 is 0 Å². The van der Waals surface area contributed by atoms with E-state index in [0.717, 1.165) is 17.3 Å². The van der Waals surface area contributed by atoms with Crippen molar-refractivity contribution in [3.8, 4) is 0 Å². The van der Waals surface area contributed by atoms with E-state index in [1.807, 2.05) is 0 Å². The summed E-state index contributed by atoms with van der Waals surface area (Å²) in [6, 6.07) is 9.72. The molecule has 0 aliphatic heterocycles. The van der Waals surface area contributed by atoms with Gasteiger partial charge in [-0.15, -0.1) is 0 Å². The Morgan fingerprint density at radius 2 is 1.29 bits per heavy atom. The van der Waals surface area contributed by atoms with Crippen LogP contribution >= 0.6 is 22.6 Å². The summed E-state index contributed by atoms with van der Waals surface area (Å²) in [5, 5.41) is 0. The standard InChI is InChI=1S/C23H31I/c1-8-19-12-22(13-20(14-24)18(19)6)23(7,9-2)21-10-15(3)17(5)16(4)11-21/h10-13H,8-9,14H2,1-7H3. The van der Waals surface area contributed by atoms with Crippen molar-refractivity contribution in [3.63, 3.8) is 0 Å². The molecule has 1 atom stereocenters. The SMILES string of the molecule is CCc1cc(C(C)(CC)c2cc(C)c(C)c(C)c2)cc(CI)c1C. The summed E-state index contributed by atoms with van der Waals surface area (Å²) in [5.74, 6) is 0. The van der Waals surface area contributed by atoms with Gasteiger partial charge in [0.2, 0.25) is 0 Å². The second-order valence-corrected chi connectivity index (χ2v) is 8.09. The average Bonchev–Trinajstić information content (AvgIpc) is 2.58. The lowest BCUT2D eigenvalue weighted by atomic mass is 9.72. The van der Waals surface area contributed by atoms with Crippen LogP contribution in [-0.2, 0) is 16.3 Å². The molecule has 0 N–H and O–H groups in total. The average molecular weight is 434 g/mol. The highest BCUT2D eigenvalue weighted by molar-refractivity contribution is 14.1. The molecule has 0 aromatic heterocycles. The van der Waals surface area contributed by atoms with Gasteiger partial charge >= 0.3 is 0 Å². The molecule has 130 valence electrons. The third kappa shape index (κ3) is 3.42. The molecule has 0 saturated heterocycles. The van der Waals surface area contributed by atoms with Gasteiger partial charge in [0, 0.05) is 9.84 Å². The molecule has 0 spiro atoms. The van der Waals surface area contributed by atoms with Gasteiger partial charge in [-0.1, -0.05) is 67.6 Å². The summed E-state index contributed by atoms with van der Waals surface area (Å²) in [6.45, 7) is 16.0. The summed E-state index contributed by atoms with van der Waals surface area (Å²) >= 11 is 2.50. The summed E-state index contributed by atoms with van der Waals surface area (Å²) in [6.07, 6.45) is 2.22. The van der Waals surface area contributed by atoms with Crippen molar-refractivity contribution in [3.05, 3.63) is 68.8 Å². The largest absolute Gasteiger partial charge is 0.0812 e. The third-order valence-corrected chi connectivity index (χ3v) is 6.88. The van der Waals surface area contributed by atoms with Gasteiger partial charge in [-0.05, 0) is 85.0 Å². The van der Waals surface area contributed by atoms with E-state index in [1.54, 1.807) is 0 Å². The van der Waals surface area contributed by atoms with Crippen molar-refractivity contribution in [2.24, 2.45) is 0 Å². The van der Waals surface area contributed by atoms with Crippen LogP contribution in [0.2, 0.25) is 0 Å². The first-order valence-electron chi connectivity index (χ1n) is 9.05. The zero-order chi connectivity index (χ0) is 18.1. The van der Waals surface area contributed by atoms with Gasteiger partial charge in [0.25, 0.3) is 0 Å². The number of rotatable bonds is 5. The molecule has 0 aliphatic carbocycles. The number of hydrogen-bond donors (Lipinski definition) is 0. The Bertz CT molecular complexity index is 694. The lowest BCUT2D eigenvalue weighted by molar-refractivity contribution is 0.547. The molecule has 0 fully saturated rings. The molecule has 0 radical (unpaired) electrons.